The van der Waals surface area contributed by atoms with E-state index in [-0.39, 0.29) is 36.2 Å². The van der Waals surface area contributed by atoms with E-state index in [1.54, 1.807) is 57.7 Å². The molecule has 0 bridgehead atoms. The molecule has 290 valence electrons. The van der Waals surface area contributed by atoms with Crippen molar-refractivity contribution in [3.8, 4) is 68.2 Å². The molecule has 0 unspecified atom stereocenters. The number of aromatic nitrogens is 8. The fourth-order valence-electron chi connectivity index (χ4n) is 6.11. The number of halogens is 2. The predicted molar refractivity (Wildman–Crippen MR) is 202 cm³/mol. The summed E-state index contributed by atoms with van der Waals surface area (Å²) in [4.78, 5) is 28.1. The summed E-state index contributed by atoms with van der Waals surface area (Å²) in [6.07, 6.45) is 0. The fourth-order valence-corrected chi connectivity index (χ4v) is 6.11. The van der Waals surface area contributed by atoms with Gasteiger partial charge in [-0.2, -0.15) is 0 Å². The minimum absolute atomic E-state index is 0. The first-order valence-corrected chi connectivity index (χ1v) is 17.1. The van der Waals surface area contributed by atoms with Gasteiger partial charge < -0.3 is 34.3 Å². The van der Waals surface area contributed by atoms with E-state index in [1.165, 1.54) is 24.3 Å². The van der Waals surface area contributed by atoms with Gasteiger partial charge in [-0.05, 0) is 92.6 Å². The van der Waals surface area contributed by atoms with E-state index in [4.69, 9.17) is 29.9 Å². The topological polar surface area (TPSA) is 174 Å². The number of hydrogen-bond donors (Lipinski definition) is 0. The molecule has 58 heavy (non-hydrogen) atoms. The maximum Gasteiger partial charge on any atom is 0.340 e. The van der Waals surface area contributed by atoms with Gasteiger partial charge in [0.25, 0.3) is 11.4 Å². The van der Waals surface area contributed by atoms with E-state index in [0.29, 0.717) is 45.9 Å². The van der Waals surface area contributed by atoms with Gasteiger partial charge in [0.2, 0.25) is 0 Å². The lowest BCUT2D eigenvalue weighted by Gasteiger charge is -2.13. The molecule has 0 atom stereocenters. The van der Waals surface area contributed by atoms with Crippen LogP contribution in [0.25, 0.3) is 56.7 Å². The van der Waals surface area contributed by atoms with Gasteiger partial charge in [-0.25, -0.2) is 0 Å². The van der Waals surface area contributed by atoms with Crippen LogP contribution in [0.5, 0.6) is 11.5 Å². The zero-order chi connectivity index (χ0) is 38.8. The van der Waals surface area contributed by atoms with Gasteiger partial charge >= 0.3 is 11.6 Å². The summed E-state index contributed by atoms with van der Waals surface area (Å²) < 4.78 is 11.9. The van der Waals surface area contributed by atoms with Crippen LogP contribution in [0, 0.1) is 20.2 Å². The Bertz CT molecular complexity index is 2540. The average Bonchev–Trinajstić information content (AvgIpc) is 3.90. The first-order chi connectivity index (χ1) is 27.3. The minimum Gasteiger partial charge on any atom is -1.00 e. The highest BCUT2D eigenvalue weighted by atomic mass is 35.5. The molecule has 0 N–H and O–H groups in total. The monoisotopic (exact) mass is 816 g/mol. The highest BCUT2D eigenvalue weighted by Crippen LogP contribution is 2.38. The number of nitro benzene ring substituents is 2. The van der Waals surface area contributed by atoms with E-state index >= 15 is 0 Å². The van der Waals surface area contributed by atoms with Gasteiger partial charge in [0, 0.05) is 57.1 Å². The predicted octanol–water partition coefficient (Wildman–Crippen LogP) is 0.244. The quantitative estimate of drug-likeness (QED) is 0.100. The second kappa shape index (κ2) is 17.1. The number of rotatable bonds is 11. The Hall–Kier alpha value is -7.56. The van der Waals surface area contributed by atoms with Crippen molar-refractivity contribution in [3.63, 3.8) is 0 Å². The summed E-state index contributed by atoms with van der Waals surface area (Å²) in [6, 6.07) is 42.2. The van der Waals surface area contributed by atoms with Crippen molar-refractivity contribution in [1.29, 1.82) is 0 Å². The average molecular weight is 818 g/mol. The molecule has 18 heteroatoms. The van der Waals surface area contributed by atoms with E-state index in [1.807, 2.05) is 97.1 Å². The molecule has 0 spiro atoms. The third-order valence-corrected chi connectivity index (χ3v) is 8.89. The Labute approximate surface area is 342 Å². The molecule has 2 heterocycles. The van der Waals surface area contributed by atoms with Crippen LogP contribution >= 0.6 is 0 Å². The lowest BCUT2D eigenvalue weighted by Crippen LogP contribution is -3.00. The second-order valence-corrected chi connectivity index (χ2v) is 12.3. The van der Waals surface area contributed by atoms with Crippen LogP contribution in [-0.2, 0) is 0 Å². The van der Waals surface area contributed by atoms with Crippen molar-refractivity contribution in [2.75, 3.05) is 14.2 Å². The summed E-state index contributed by atoms with van der Waals surface area (Å²) in [5.74, 6) is 1.90. The molecule has 0 amide bonds. The van der Waals surface area contributed by atoms with Gasteiger partial charge in [0.05, 0.1) is 45.4 Å². The molecular formula is C40H30Cl2N10O6. The Morgan fingerprint density at radius 1 is 0.517 bits per heavy atom. The number of benzene rings is 6. The molecule has 16 nitrogen and oxygen atoms in total. The summed E-state index contributed by atoms with van der Waals surface area (Å²) in [5.41, 5.74) is 5.24. The van der Waals surface area contributed by atoms with Crippen molar-refractivity contribution in [1.82, 2.24) is 30.0 Å². The fraction of sp³-hybridized carbons (Fsp3) is 0.0500. The Morgan fingerprint density at radius 2 is 0.879 bits per heavy atom. The van der Waals surface area contributed by atoms with Crippen molar-refractivity contribution < 1.29 is 53.7 Å². The first kappa shape index (κ1) is 40.1. The highest BCUT2D eigenvalue weighted by Gasteiger charge is 2.28. The summed E-state index contributed by atoms with van der Waals surface area (Å²) in [7, 11) is 3.14. The van der Waals surface area contributed by atoms with Gasteiger partial charge in [-0.3, -0.25) is 20.2 Å². The molecule has 0 radical (unpaired) electrons. The molecule has 2 aromatic heterocycles. The number of nitro groups is 2. The third-order valence-electron chi connectivity index (χ3n) is 8.89. The zero-order valence-electron chi connectivity index (χ0n) is 30.5. The van der Waals surface area contributed by atoms with Gasteiger partial charge in [0.1, 0.15) is 22.9 Å². The lowest BCUT2D eigenvalue weighted by atomic mass is 10.0. The largest absolute Gasteiger partial charge is 1.00 e. The van der Waals surface area contributed by atoms with E-state index in [2.05, 4.69) is 0 Å². The maximum absolute atomic E-state index is 11.4. The van der Waals surface area contributed by atoms with Crippen LogP contribution in [0.2, 0.25) is 0 Å². The summed E-state index contributed by atoms with van der Waals surface area (Å²) in [6.45, 7) is 0. The van der Waals surface area contributed by atoms with Crippen molar-refractivity contribution in [2.24, 2.45) is 0 Å². The van der Waals surface area contributed by atoms with Gasteiger partial charge in [0.15, 0.2) is 11.4 Å². The smallest absolute Gasteiger partial charge is 0.340 e. The number of tetrazole rings is 2. The van der Waals surface area contributed by atoms with Crippen LogP contribution in [0.15, 0.2) is 146 Å². The summed E-state index contributed by atoms with van der Waals surface area (Å²) in [5, 5.41) is 41.9. The Kier molecular flexibility index (Phi) is 11.8. The van der Waals surface area contributed by atoms with Gasteiger partial charge in [-0.15, -0.1) is 0 Å². The molecule has 0 saturated carbocycles. The first-order valence-electron chi connectivity index (χ1n) is 17.1. The SMILES string of the molecule is COc1cc(-[n+]2nc(-c3ccccc3)nn2-c2ccc([N+](=O)[O-])cc2)ccc1-c1ccc(-[n+]2nc(-c3ccccc3)nn2-c2ccc([N+](=O)[O-])cc2)cc1OC.[Cl-].[Cl-]. The Morgan fingerprint density at radius 3 is 1.21 bits per heavy atom. The molecule has 0 saturated heterocycles. The third kappa shape index (κ3) is 7.77. The Balaban J connectivity index is 0.00000283. The van der Waals surface area contributed by atoms with Crippen LogP contribution in [-0.4, -0.2) is 54.1 Å². The maximum atomic E-state index is 11.4. The molecule has 0 aliphatic heterocycles. The lowest BCUT2D eigenvalue weighted by molar-refractivity contribution is -0.734. The molecule has 0 fully saturated rings. The molecule has 8 aromatic rings. The number of non-ortho nitro benzene ring substituents is 2. The van der Waals surface area contributed by atoms with Crippen LogP contribution in [0.3, 0.4) is 0 Å². The van der Waals surface area contributed by atoms with Crippen molar-refractivity contribution >= 4 is 11.4 Å². The minimum atomic E-state index is -0.455. The molecule has 0 aliphatic rings. The zero-order valence-corrected chi connectivity index (χ0v) is 32.0. The van der Waals surface area contributed by atoms with Crippen molar-refractivity contribution in [3.05, 3.63) is 166 Å². The molecule has 0 aliphatic carbocycles. The number of methoxy groups -OCH3 is 2. The van der Waals surface area contributed by atoms with E-state index in [0.717, 1.165) is 22.3 Å². The van der Waals surface area contributed by atoms with Crippen molar-refractivity contribution in [2.45, 2.75) is 0 Å². The molecule has 6 aromatic carbocycles. The van der Waals surface area contributed by atoms with E-state index < -0.39 is 9.85 Å². The second-order valence-electron chi connectivity index (χ2n) is 12.3. The summed E-state index contributed by atoms with van der Waals surface area (Å²) >= 11 is 0. The van der Waals surface area contributed by atoms with Crippen LogP contribution < -0.4 is 43.9 Å². The standard InChI is InChI=1S/C40H30N10O6.2ClH/c1-55-37-25-33(47-43-39(27-9-5-3-6-10-27)41-45(47)29-13-17-31(18-14-29)49(51)52)21-23-35(37)36-24-22-34(26-38(36)56-2)48-44-40(28-11-7-4-8-12-28)42-46(48)30-15-19-32(20-16-30)50(53)54;;/h3-26H,1-2H3;2*1H/q+2;;/p-2. The van der Waals surface area contributed by atoms with Crippen LogP contribution in [0.1, 0.15) is 0 Å². The normalized spacial score (nSPS) is 10.6. The molecular weight excluding hydrogens is 787 g/mol. The van der Waals surface area contributed by atoms with Crippen LogP contribution in [0.4, 0.5) is 11.4 Å². The van der Waals surface area contributed by atoms with Gasteiger partial charge in [-0.1, -0.05) is 36.4 Å². The molecule has 8 rings (SSSR count). The number of ether oxygens (including phenoxy) is 2. The highest BCUT2D eigenvalue weighted by molar-refractivity contribution is 5.77. The number of nitrogens with zero attached hydrogens (tertiary/aromatic N) is 10. The number of hydrogen-bond acceptors (Lipinski definition) is 10. The van der Waals surface area contributed by atoms with E-state index in [9.17, 15) is 20.2 Å².